The number of nitrogens with zero attached hydrogens (tertiary/aromatic N) is 1. The second-order valence-electron chi connectivity index (χ2n) is 5.13. The summed E-state index contributed by atoms with van der Waals surface area (Å²) in [5.74, 6) is 0.853. The van der Waals surface area contributed by atoms with Gasteiger partial charge in [-0.25, -0.2) is 4.98 Å². The van der Waals surface area contributed by atoms with Crippen LogP contribution in [-0.2, 0) is 6.54 Å². The Morgan fingerprint density at radius 3 is 2.67 bits per heavy atom. The fourth-order valence-electron chi connectivity index (χ4n) is 2.12. The van der Waals surface area contributed by atoms with Crippen molar-refractivity contribution in [2.24, 2.45) is 0 Å². The number of aromatic nitrogens is 1. The zero-order valence-corrected chi connectivity index (χ0v) is 13.0. The van der Waals surface area contributed by atoms with Crippen LogP contribution in [0.15, 0.2) is 48.5 Å². The fourth-order valence-corrected chi connectivity index (χ4v) is 3.00. The van der Waals surface area contributed by atoms with Gasteiger partial charge in [0.05, 0.1) is 10.8 Å². The molecule has 0 amide bonds. The monoisotopic (exact) mass is 298 g/mol. The van der Waals surface area contributed by atoms with Crippen LogP contribution in [0.4, 0.5) is 5.13 Å². The molecule has 0 aliphatic rings. The van der Waals surface area contributed by atoms with Crippen molar-refractivity contribution in [3.05, 3.63) is 54.1 Å². The predicted octanol–water partition coefficient (Wildman–Crippen LogP) is 4.70. The van der Waals surface area contributed by atoms with Crippen molar-refractivity contribution in [1.29, 1.82) is 0 Å². The van der Waals surface area contributed by atoms with Crippen LogP contribution in [0.1, 0.15) is 19.4 Å². The Labute approximate surface area is 128 Å². The largest absolute Gasteiger partial charge is 0.489 e. The van der Waals surface area contributed by atoms with Crippen LogP contribution in [0.5, 0.6) is 5.75 Å². The third-order valence-electron chi connectivity index (χ3n) is 3.03. The number of anilines is 1. The van der Waals surface area contributed by atoms with Gasteiger partial charge in [0.15, 0.2) is 5.13 Å². The molecular formula is C17H18N2OS. The highest BCUT2D eigenvalue weighted by Crippen LogP contribution is 2.32. The molecule has 0 fully saturated rings. The number of ether oxygens (including phenoxy) is 1. The van der Waals surface area contributed by atoms with Crippen LogP contribution in [0.2, 0.25) is 0 Å². The first-order chi connectivity index (χ1) is 10.2. The standard InChI is InChI=1S/C17H18N2OS/c1-12(2)20-14-9-6-10-15-16(14)19-17(21-15)18-11-13-7-4-3-5-8-13/h3-10,12H,11H2,1-2H3,(H,18,19). The average molecular weight is 298 g/mol. The maximum atomic E-state index is 5.82. The van der Waals surface area contributed by atoms with E-state index in [1.165, 1.54) is 5.56 Å². The van der Waals surface area contributed by atoms with Gasteiger partial charge in [0, 0.05) is 6.54 Å². The second kappa shape index (κ2) is 6.14. The van der Waals surface area contributed by atoms with Crippen LogP contribution in [0.25, 0.3) is 10.2 Å². The Kier molecular flexibility index (Phi) is 4.06. The summed E-state index contributed by atoms with van der Waals surface area (Å²) >= 11 is 1.66. The van der Waals surface area contributed by atoms with Crippen LogP contribution in [0, 0.1) is 0 Å². The minimum absolute atomic E-state index is 0.151. The van der Waals surface area contributed by atoms with Crippen molar-refractivity contribution in [2.45, 2.75) is 26.5 Å². The summed E-state index contributed by atoms with van der Waals surface area (Å²) in [6.07, 6.45) is 0.151. The number of rotatable bonds is 5. The van der Waals surface area contributed by atoms with Gasteiger partial charge in [-0.1, -0.05) is 47.7 Å². The molecule has 108 valence electrons. The molecule has 0 atom stereocenters. The SMILES string of the molecule is CC(C)Oc1cccc2sc(NCc3ccccc3)nc12. The molecule has 0 bridgehead atoms. The lowest BCUT2D eigenvalue weighted by Gasteiger charge is -2.09. The maximum Gasteiger partial charge on any atom is 0.184 e. The van der Waals surface area contributed by atoms with Crippen molar-refractivity contribution in [2.75, 3.05) is 5.32 Å². The molecule has 3 nitrogen and oxygen atoms in total. The number of hydrogen-bond donors (Lipinski definition) is 1. The number of nitrogens with one attached hydrogen (secondary N) is 1. The third kappa shape index (κ3) is 3.34. The van der Waals surface area contributed by atoms with Gasteiger partial charge < -0.3 is 10.1 Å². The quantitative estimate of drug-likeness (QED) is 0.741. The van der Waals surface area contributed by atoms with Crippen LogP contribution >= 0.6 is 11.3 Å². The van der Waals surface area contributed by atoms with Gasteiger partial charge in [0.25, 0.3) is 0 Å². The van der Waals surface area contributed by atoms with Gasteiger partial charge in [0.1, 0.15) is 11.3 Å². The zero-order valence-electron chi connectivity index (χ0n) is 12.2. The van der Waals surface area contributed by atoms with Crippen LogP contribution in [-0.4, -0.2) is 11.1 Å². The Bertz CT molecular complexity index is 722. The predicted molar refractivity (Wildman–Crippen MR) is 89.2 cm³/mol. The first-order valence-corrected chi connectivity index (χ1v) is 7.88. The van der Waals surface area contributed by atoms with E-state index in [1.54, 1.807) is 11.3 Å². The van der Waals surface area contributed by atoms with E-state index in [-0.39, 0.29) is 6.10 Å². The molecule has 0 saturated carbocycles. The number of para-hydroxylation sites is 1. The fraction of sp³-hybridized carbons (Fsp3) is 0.235. The van der Waals surface area contributed by atoms with Gasteiger partial charge in [-0.3, -0.25) is 0 Å². The molecule has 1 heterocycles. The molecule has 0 spiro atoms. The normalized spacial score (nSPS) is 11.0. The van der Waals surface area contributed by atoms with Gasteiger partial charge in [0.2, 0.25) is 0 Å². The minimum atomic E-state index is 0.151. The lowest BCUT2D eigenvalue weighted by molar-refractivity contribution is 0.245. The Balaban J connectivity index is 1.81. The summed E-state index contributed by atoms with van der Waals surface area (Å²) in [6.45, 7) is 4.83. The Morgan fingerprint density at radius 2 is 1.90 bits per heavy atom. The lowest BCUT2D eigenvalue weighted by atomic mass is 10.2. The molecule has 0 saturated heterocycles. The van der Waals surface area contributed by atoms with Gasteiger partial charge in [-0.2, -0.15) is 0 Å². The Morgan fingerprint density at radius 1 is 1.10 bits per heavy atom. The van der Waals surface area contributed by atoms with Crippen molar-refractivity contribution in [1.82, 2.24) is 4.98 Å². The van der Waals surface area contributed by atoms with Gasteiger partial charge in [-0.15, -0.1) is 0 Å². The van der Waals surface area contributed by atoms with Gasteiger partial charge >= 0.3 is 0 Å². The van der Waals surface area contributed by atoms with Crippen molar-refractivity contribution >= 4 is 26.7 Å². The van der Waals surface area contributed by atoms with Crippen LogP contribution < -0.4 is 10.1 Å². The molecule has 1 aromatic heterocycles. The highest BCUT2D eigenvalue weighted by molar-refractivity contribution is 7.22. The topological polar surface area (TPSA) is 34.1 Å². The molecule has 0 radical (unpaired) electrons. The number of hydrogen-bond acceptors (Lipinski definition) is 4. The lowest BCUT2D eigenvalue weighted by Crippen LogP contribution is -2.05. The van der Waals surface area contributed by atoms with Crippen LogP contribution in [0.3, 0.4) is 0 Å². The van der Waals surface area contributed by atoms with E-state index in [0.29, 0.717) is 0 Å². The van der Waals surface area contributed by atoms with Crippen molar-refractivity contribution in [3.63, 3.8) is 0 Å². The summed E-state index contributed by atoms with van der Waals surface area (Å²) < 4.78 is 6.96. The van der Waals surface area contributed by atoms with E-state index in [9.17, 15) is 0 Å². The summed E-state index contributed by atoms with van der Waals surface area (Å²) in [7, 11) is 0. The minimum Gasteiger partial charge on any atom is -0.489 e. The number of thiazole rings is 1. The molecule has 2 aromatic carbocycles. The molecule has 21 heavy (non-hydrogen) atoms. The molecule has 0 unspecified atom stereocenters. The van der Waals surface area contributed by atoms with E-state index in [1.807, 2.05) is 44.2 Å². The Hall–Kier alpha value is -2.07. The van der Waals surface area contributed by atoms with E-state index in [2.05, 4.69) is 28.5 Å². The molecule has 3 rings (SSSR count). The molecular weight excluding hydrogens is 280 g/mol. The third-order valence-corrected chi connectivity index (χ3v) is 4.01. The molecule has 0 aliphatic carbocycles. The summed E-state index contributed by atoms with van der Waals surface area (Å²) in [4.78, 5) is 4.66. The zero-order chi connectivity index (χ0) is 14.7. The van der Waals surface area contributed by atoms with Crippen molar-refractivity contribution < 1.29 is 4.74 Å². The molecule has 3 aromatic rings. The van der Waals surface area contributed by atoms with E-state index < -0.39 is 0 Å². The second-order valence-corrected chi connectivity index (χ2v) is 6.16. The van der Waals surface area contributed by atoms with E-state index in [4.69, 9.17) is 4.74 Å². The van der Waals surface area contributed by atoms with Crippen molar-refractivity contribution in [3.8, 4) is 5.75 Å². The average Bonchev–Trinajstić information content (AvgIpc) is 2.90. The smallest absolute Gasteiger partial charge is 0.184 e. The highest BCUT2D eigenvalue weighted by Gasteiger charge is 2.10. The molecule has 0 aliphatic heterocycles. The first kappa shape index (κ1) is 13.9. The molecule has 4 heteroatoms. The van der Waals surface area contributed by atoms with E-state index >= 15 is 0 Å². The van der Waals surface area contributed by atoms with Gasteiger partial charge in [-0.05, 0) is 31.5 Å². The number of fused-ring (bicyclic) bond motifs is 1. The molecule has 1 N–H and O–H groups in total. The first-order valence-electron chi connectivity index (χ1n) is 7.06. The highest BCUT2D eigenvalue weighted by atomic mass is 32.1. The summed E-state index contributed by atoms with van der Waals surface area (Å²) in [6, 6.07) is 16.4. The summed E-state index contributed by atoms with van der Waals surface area (Å²) in [5, 5.41) is 4.31. The number of benzene rings is 2. The maximum absolute atomic E-state index is 5.82. The van der Waals surface area contributed by atoms with E-state index in [0.717, 1.165) is 27.6 Å². The summed E-state index contributed by atoms with van der Waals surface area (Å²) in [5.41, 5.74) is 2.18.